The van der Waals surface area contributed by atoms with Gasteiger partial charge in [0.2, 0.25) is 11.8 Å². The van der Waals surface area contributed by atoms with Gasteiger partial charge in [0.15, 0.2) is 0 Å². The predicted octanol–water partition coefficient (Wildman–Crippen LogP) is 0.209. The molecule has 0 unspecified atom stereocenters. The van der Waals surface area contributed by atoms with E-state index in [1.807, 2.05) is 4.90 Å². The van der Waals surface area contributed by atoms with E-state index in [1.54, 1.807) is 4.90 Å². The predicted molar refractivity (Wildman–Crippen MR) is 69.1 cm³/mol. The maximum atomic E-state index is 12.3. The van der Waals surface area contributed by atoms with Crippen LogP contribution in [-0.4, -0.2) is 60.4 Å². The van der Waals surface area contributed by atoms with Gasteiger partial charge in [0.25, 0.3) is 0 Å². The van der Waals surface area contributed by atoms with Crippen molar-refractivity contribution in [3.05, 3.63) is 0 Å². The van der Waals surface area contributed by atoms with E-state index < -0.39 is 0 Å². The lowest BCUT2D eigenvalue weighted by atomic mass is 10.00. The SMILES string of the molecule is CC[C@@H]1CCCCN1C(=O)CN1CCNCC1=O. The molecule has 0 radical (unpaired) electrons. The molecule has 2 aliphatic heterocycles. The Morgan fingerprint density at radius 1 is 1.39 bits per heavy atom. The van der Waals surface area contributed by atoms with Gasteiger partial charge < -0.3 is 15.1 Å². The molecule has 0 aromatic rings. The topological polar surface area (TPSA) is 52.7 Å². The third kappa shape index (κ3) is 3.02. The Bertz CT molecular complexity index is 319. The number of piperazine rings is 1. The molecule has 1 N–H and O–H groups in total. The molecule has 2 heterocycles. The van der Waals surface area contributed by atoms with Crippen LogP contribution in [-0.2, 0) is 9.59 Å². The Morgan fingerprint density at radius 3 is 2.94 bits per heavy atom. The van der Waals surface area contributed by atoms with Gasteiger partial charge in [0, 0.05) is 25.7 Å². The summed E-state index contributed by atoms with van der Waals surface area (Å²) in [4.78, 5) is 27.6. The summed E-state index contributed by atoms with van der Waals surface area (Å²) in [7, 11) is 0. The molecule has 1 atom stereocenters. The van der Waals surface area contributed by atoms with Crippen LogP contribution in [0.15, 0.2) is 0 Å². The van der Waals surface area contributed by atoms with E-state index in [2.05, 4.69) is 12.2 Å². The first kappa shape index (κ1) is 13.3. The average Bonchev–Trinajstić information content (AvgIpc) is 2.41. The molecule has 5 nitrogen and oxygen atoms in total. The second-order valence-electron chi connectivity index (χ2n) is 5.14. The number of hydrogen-bond donors (Lipinski definition) is 1. The van der Waals surface area contributed by atoms with Crippen LogP contribution in [0.2, 0.25) is 0 Å². The molecule has 2 rings (SSSR count). The van der Waals surface area contributed by atoms with Gasteiger partial charge in [-0.2, -0.15) is 0 Å². The van der Waals surface area contributed by atoms with Crippen molar-refractivity contribution in [2.75, 3.05) is 32.7 Å². The highest BCUT2D eigenvalue weighted by atomic mass is 16.2. The molecule has 0 aromatic carbocycles. The van der Waals surface area contributed by atoms with E-state index in [4.69, 9.17) is 0 Å². The Labute approximate surface area is 108 Å². The molecular formula is C13H23N3O2. The minimum atomic E-state index is 0.0413. The lowest BCUT2D eigenvalue weighted by Gasteiger charge is -2.37. The van der Waals surface area contributed by atoms with Crippen molar-refractivity contribution in [2.24, 2.45) is 0 Å². The van der Waals surface area contributed by atoms with Gasteiger partial charge in [-0.15, -0.1) is 0 Å². The van der Waals surface area contributed by atoms with Crippen molar-refractivity contribution < 1.29 is 9.59 Å². The fourth-order valence-electron chi connectivity index (χ4n) is 2.82. The summed E-state index contributed by atoms with van der Waals surface area (Å²) in [6.07, 6.45) is 4.44. The van der Waals surface area contributed by atoms with Crippen LogP contribution < -0.4 is 5.32 Å². The highest BCUT2D eigenvalue weighted by Gasteiger charge is 2.28. The largest absolute Gasteiger partial charge is 0.338 e. The maximum absolute atomic E-state index is 12.3. The van der Waals surface area contributed by atoms with Crippen molar-refractivity contribution in [1.29, 1.82) is 0 Å². The Balaban J connectivity index is 1.91. The molecule has 2 saturated heterocycles. The molecule has 18 heavy (non-hydrogen) atoms. The van der Waals surface area contributed by atoms with E-state index in [9.17, 15) is 9.59 Å². The van der Waals surface area contributed by atoms with E-state index >= 15 is 0 Å². The number of rotatable bonds is 3. The summed E-state index contributed by atoms with van der Waals surface area (Å²) in [6, 6.07) is 0.379. The molecule has 5 heteroatoms. The molecule has 2 aliphatic rings. The molecule has 0 aromatic heterocycles. The number of nitrogens with zero attached hydrogens (tertiary/aromatic N) is 2. The molecule has 0 aliphatic carbocycles. The van der Waals surface area contributed by atoms with E-state index in [0.29, 0.717) is 19.1 Å². The summed E-state index contributed by atoms with van der Waals surface area (Å²) >= 11 is 0. The zero-order valence-corrected chi connectivity index (χ0v) is 11.2. The van der Waals surface area contributed by atoms with Crippen LogP contribution in [0.3, 0.4) is 0 Å². The zero-order chi connectivity index (χ0) is 13.0. The number of nitrogens with one attached hydrogen (secondary N) is 1. The van der Waals surface area contributed by atoms with Gasteiger partial charge in [-0.3, -0.25) is 9.59 Å². The minimum Gasteiger partial charge on any atom is -0.338 e. The van der Waals surface area contributed by atoms with Crippen molar-refractivity contribution in [2.45, 2.75) is 38.6 Å². The molecule has 102 valence electrons. The molecule has 0 saturated carbocycles. The Morgan fingerprint density at radius 2 is 2.22 bits per heavy atom. The highest BCUT2D eigenvalue weighted by Crippen LogP contribution is 2.19. The van der Waals surface area contributed by atoms with Crippen molar-refractivity contribution in [3.63, 3.8) is 0 Å². The number of amides is 2. The first-order valence-corrected chi connectivity index (χ1v) is 7.00. The number of carbonyl (C=O) groups excluding carboxylic acids is 2. The third-order valence-corrected chi connectivity index (χ3v) is 3.93. The van der Waals surface area contributed by atoms with Gasteiger partial charge >= 0.3 is 0 Å². The summed E-state index contributed by atoms with van der Waals surface area (Å²) in [5, 5.41) is 3.02. The van der Waals surface area contributed by atoms with Crippen LogP contribution in [0.5, 0.6) is 0 Å². The van der Waals surface area contributed by atoms with Crippen LogP contribution in [0.25, 0.3) is 0 Å². The standard InChI is InChI=1S/C13H23N3O2/c1-2-11-5-3-4-7-16(11)13(18)10-15-8-6-14-9-12(15)17/h11,14H,2-10H2,1H3/t11-/m1/s1. The molecule has 2 amide bonds. The lowest BCUT2D eigenvalue weighted by molar-refractivity contribution is -0.143. The van der Waals surface area contributed by atoms with Crippen LogP contribution in [0.1, 0.15) is 32.6 Å². The van der Waals surface area contributed by atoms with Crippen LogP contribution in [0, 0.1) is 0 Å². The second-order valence-corrected chi connectivity index (χ2v) is 5.14. The monoisotopic (exact) mass is 253 g/mol. The van der Waals surface area contributed by atoms with E-state index in [0.717, 1.165) is 32.4 Å². The number of likely N-dealkylation sites (tertiary alicyclic amines) is 1. The first-order valence-electron chi connectivity index (χ1n) is 7.00. The Hall–Kier alpha value is -1.10. The number of carbonyl (C=O) groups is 2. The summed E-state index contributed by atoms with van der Waals surface area (Å²) in [6.45, 7) is 5.05. The van der Waals surface area contributed by atoms with E-state index in [1.165, 1.54) is 6.42 Å². The number of hydrogen-bond acceptors (Lipinski definition) is 3. The first-order chi connectivity index (χ1) is 8.72. The third-order valence-electron chi connectivity index (χ3n) is 3.93. The minimum absolute atomic E-state index is 0.0413. The van der Waals surface area contributed by atoms with Crippen molar-refractivity contribution in [3.8, 4) is 0 Å². The lowest BCUT2D eigenvalue weighted by Crippen LogP contribution is -2.53. The van der Waals surface area contributed by atoms with Crippen molar-refractivity contribution in [1.82, 2.24) is 15.1 Å². The summed E-state index contributed by atoms with van der Waals surface area (Å²) < 4.78 is 0. The highest BCUT2D eigenvalue weighted by molar-refractivity contribution is 5.86. The fraction of sp³-hybridized carbons (Fsp3) is 0.846. The maximum Gasteiger partial charge on any atom is 0.242 e. The average molecular weight is 253 g/mol. The van der Waals surface area contributed by atoms with Gasteiger partial charge in [-0.05, 0) is 25.7 Å². The second kappa shape index (κ2) is 6.18. The van der Waals surface area contributed by atoms with Gasteiger partial charge in [0.1, 0.15) is 0 Å². The van der Waals surface area contributed by atoms with Gasteiger partial charge in [-0.1, -0.05) is 6.92 Å². The normalized spacial score (nSPS) is 25.4. The van der Waals surface area contributed by atoms with Crippen LogP contribution in [0.4, 0.5) is 0 Å². The molecule has 2 fully saturated rings. The molecule has 0 spiro atoms. The molecule has 0 bridgehead atoms. The van der Waals surface area contributed by atoms with E-state index in [-0.39, 0.29) is 18.4 Å². The Kier molecular flexibility index (Phi) is 4.58. The zero-order valence-electron chi connectivity index (χ0n) is 11.2. The number of piperidine rings is 1. The van der Waals surface area contributed by atoms with Gasteiger partial charge in [-0.25, -0.2) is 0 Å². The fourth-order valence-corrected chi connectivity index (χ4v) is 2.82. The van der Waals surface area contributed by atoms with Crippen LogP contribution >= 0.6 is 0 Å². The quantitative estimate of drug-likeness (QED) is 0.782. The summed E-state index contributed by atoms with van der Waals surface area (Å²) in [5.74, 6) is 0.163. The van der Waals surface area contributed by atoms with Crippen molar-refractivity contribution >= 4 is 11.8 Å². The molecular weight excluding hydrogens is 230 g/mol. The van der Waals surface area contributed by atoms with Gasteiger partial charge in [0.05, 0.1) is 13.1 Å². The smallest absolute Gasteiger partial charge is 0.242 e. The summed E-state index contributed by atoms with van der Waals surface area (Å²) in [5.41, 5.74) is 0.